The van der Waals surface area contributed by atoms with Crippen molar-refractivity contribution in [3.8, 4) is 5.75 Å². The van der Waals surface area contributed by atoms with Gasteiger partial charge in [0, 0.05) is 6.54 Å². The summed E-state index contributed by atoms with van der Waals surface area (Å²) < 4.78 is 11.0. The van der Waals surface area contributed by atoms with Gasteiger partial charge in [0.05, 0.1) is 24.7 Å². The molecule has 0 atom stereocenters. The minimum Gasteiger partial charge on any atom is -0.496 e. The predicted molar refractivity (Wildman–Crippen MR) is 78.5 cm³/mol. The molecular formula is C14H20BrNO3. The van der Waals surface area contributed by atoms with E-state index in [0.717, 1.165) is 23.2 Å². The van der Waals surface area contributed by atoms with Gasteiger partial charge in [-0.25, -0.2) is 0 Å². The minimum atomic E-state index is -0.180. The van der Waals surface area contributed by atoms with Crippen LogP contribution in [-0.4, -0.2) is 44.7 Å². The van der Waals surface area contributed by atoms with Crippen LogP contribution in [0.25, 0.3) is 0 Å². The van der Waals surface area contributed by atoms with Crippen LogP contribution in [-0.2, 0) is 16.0 Å². The third-order valence-electron chi connectivity index (χ3n) is 2.70. The summed E-state index contributed by atoms with van der Waals surface area (Å²) in [5.41, 5.74) is 1.20. The van der Waals surface area contributed by atoms with Crippen LogP contribution in [0.15, 0.2) is 22.7 Å². The first-order valence-electron chi connectivity index (χ1n) is 6.23. The number of carbonyl (C=O) groups is 1. The fourth-order valence-electron chi connectivity index (χ4n) is 1.69. The second kappa shape index (κ2) is 8.17. The Hall–Kier alpha value is -1.07. The maximum atomic E-state index is 11.3. The summed E-state index contributed by atoms with van der Waals surface area (Å²) >= 11 is 3.46. The third-order valence-corrected chi connectivity index (χ3v) is 3.32. The highest BCUT2D eigenvalue weighted by molar-refractivity contribution is 9.10. The smallest absolute Gasteiger partial charge is 0.320 e. The lowest BCUT2D eigenvalue weighted by molar-refractivity contribution is -0.144. The molecule has 1 aromatic rings. The monoisotopic (exact) mass is 329 g/mol. The molecule has 0 aliphatic rings. The number of likely N-dealkylation sites (N-methyl/N-ethyl adjacent to an activating group) is 1. The van der Waals surface area contributed by atoms with Crippen LogP contribution in [0.1, 0.15) is 12.5 Å². The molecule has 0 aromatic heterocycles. The van der Waals surface area contributed by atoms with Gasteiger partial charge < -0.3 is 9.47 Å². The van der Waals surface area contributed by atoms with Crippen LogP contribution < -0.4 is 4.74 Å². The van der Waals surface area contributed by atoms with Crippen molar-refractivity contribution in [2.24, 2.45) is 0 Å². The predicted octanol–water partition coefficient (Wildman–Crippen LogP) is 2.50. The van der Waals surface area contributed by atoms with Crippen LogP contribution in [0.5, 0.6) is 5.75 Å². The molecular weight excluding hydrogens is 310 g/mol. The molecule has 0 aliphatic carbocycles. The highest BCUT2D eigenvalue weighted by atomic mass is 79.9. The van der Waals surface area contributed by atoms with Gasteiger partial charge in [-0.15, -0.1) is 0 Å². The maximum Gasteiger partial charge on any atom is 0.320 e. The summed E-state index contributed by atoms with van der Waals surface area (Å²) in [7, 11) is 3.56. The first kappa shape index (κ1) is 16.0. The van der Waals surface area contributed by atoms with Crippen molar-refractivity contribution in [3.63, 3.8) is 0 Å². The Morgan fingerprint density at radius 2 is 2.16 bits per heavy atom. The van der Waals surface area contributed by atoms with E-state index >= 15 is 0 Å². The van der Waals surface area contributed by atoms with Crippen LogP contribution in [0, 0.1) is 0 Å². The Balaban J connectivity index is 2.43. The van der Waals surface area contributed by atoms with Gasteiger partial charge in [-0.2, -0.15) is 0 Å². The Bertz CT molecular complexity index is 423. The third kappa shape index (κ3) is 5.61. The number of rotatable bonds is 7. The summed E-state index contributed by atoms with van der Waals surface area (Å²) in [5.74, 6) is 0.643. The Morgan fingerprint density at radius 1 is 1.42 bits per heavy atom. The Morgan fingerprint density at radius 3 is 2.74 bits per heavy atom. The zero-order chi connectivity index (χ0) is 14.3. The van der Waals surface area contributed by atoms with Crippen LogP contribution in [0.4, 0.5) is 0 Å². The molecule has 0 spiro atoms. The van der Waals surface area contributed by atoms with E-state index in [1.54, 1.807) is 7.11 Å². The van der Waals surface area contributed by atoms with Gasteiger partial charge in [-0.1, -0.05) is 6.07 Å². The lowest BCUT2D eigenvalue weighted by Gasteiger charge is -2.15. The van der Waals surface area contributed by atoms with E-state index in [-0.39, 0.29) is 5.97 Å². The molecule has 0 bridgehead atoms. The number of methoxy groups -OCH3 is 1. The molecule has 0 fully saturated rings. The Kier molecular flexibility index (Phi) is 6.87. The van der Waals surface area contributed by atoms with E-state index in [4.69, 9.17) is 9.47 Å². The van der Waals surface area contributed by atoms with E-state index in [1.165, 1.54) is 5.56 Å². The second-order valence-corrected chi connectivity index (χ2v) is 5.12. The number of nitrogens with zero attached hydrogens (tertiary/aromatic N) is 1. The molecule has 0 saturated heterocycles. The summed E-state index contributed by atoms with van der Waals surface area (Å²) in [6, 6.07) is 6.00. The fraction of sp³-hybridized carbons (Fsp3) is 0.500. The zero-order valence-corrected chi connectivity index (χ0v) is 13.2. The van der Waals surface area contributed by atoms with Crippen LogP contribution in [0.2, 0.25) is 0 Å². The molecule has 0 N–H and O–H groups in total. The number of esters is 1. The van der Waals surface area contributed by atoms with Crippen molar-refractivity contribution in [2.45, 2.75) is 13.3 Å². The molecule has 0 aliphatic heterocycles. The van der Waals surface area contributed by atoms with Crippen LogP contribution >= 0.6 is 15.9 Å². The molecule has 0 radical (unpaired) electrons. The lowest BCUT2D eigenvalue weighted by Crippen LogP contribution is -2.29. The average Bonchev–Trinajstić information content (AvgIpc) is 2.36. The van der Waals surface area contributed by atoms with Gasteiger partial charge in [0.25, 0.3) is 0 Å². The Labute approximate surface area is 122 Å². The van der Waals surface area contributed by atoms with Crippen molar-refractivity contribution < 1.29 is 14.3 Å². The number of hydrogen-bond donors (Lipinski definition) is 0. The molecule has 19 heavy (non-hydrogen) atoms. The highest BCUT2D eigenvalue weighted by Crippen LogP contribution is 2.25. The zero-order valence-electron chi connectivity index (χ0n) is 11.6. The summed E-state index contributed by atoms with van der Waals surface area (Å²) in [5, 5.41) is 0. The van der Waals surface area contributed by atoms with Gasteiger partial charge in [0.2, 0.25) is 0 Å². The second-order valence-electron chi connectivity index (χ2n) is 4.26. The minimum absolute atomic E-state index is 0.180. The molecule has 0 heterocycles. The number of halogens is 1. The standard InChI is InChI=1S/C14H20BrNO3/c1-4-19-14(17)10-16(2)8-7-11-5-6-13(18-3)12(15)9-11/h5-6,9H,4,7-8,10H2,1-3H3. The van der Waals surface area contributed by atoms with Gasteiger partial charge in [0.1, 0.15) is 5.75 Å². The number of benzene rings is 1. The summed E-state index contributed by atoms with van der Waals surface area (Å²) in [6.45, 7) is 3.37. The number of carbonyl (C=O) groups excluding carboxylic acids is 1. The summed E-state index contributed by atoms with van der Waals surface area (Å²) in [6.07, 6.45) is 0.874. The van der Waals surface area contributed by atoms with Crippen molar-refractivity contribution in [2.75, 3.05) is 33.9 Å². The quantitative estimate of drug-likeness (QED) is 0.720. The lowest BCUT2D eigenvalue weighted by atomic mass is 10.1. The number of ether oxygens (including phenoxy) is 2. The molecule has 1 aromatic carbocycles. The van der Waals surface area contributed by atoms with Gasteiger partial charge >= 0.3 is 5.97 Å². The summed E-state index contributed by atoms with van der Waals surface area (Å²) in [4.78, 5) is 13.3. The van der Waals surface area contributed by atoms with Crippen molar-refractivity contribution in [3.05, 3.63) is 28.2 Å². The van der Waals surface area contributed by atoms with Gasteiger partial charge in [-0.3, -0.25) is 9.69 Å². The topological polar surface area (TPSA) is 38.8 Å². The van der Waals surface area contributed by atoms with E-state index < -0.39 is 0 Å². The van der Waals surface area contributed by atoms with E-state index in [1.807, 2.05) is 37.1 Å². The molecule has 4 nitrogen and oxygen atoms in total. The molecule has 0 amide bonds. The normalized spacial score (nSPS) is 10.6. The first-order chi connectivity index (χ1) is 9.06. The van der Waals surface area contributed by atoms with Crippen LogP contribution in [0.3, 0.4) is 0 Å². The largest absolute Gasteiger partial charge is 0.496 e. The van der Waals surface area contributed by atoms with Gasteiger partial charge in [-0.05, 0) is 54.0 Å². The van der Waals surface area contributed by atoms with Crippen molar-refractivity contribution in [1.29, 1.82) is 0 Å². The van der Waals surface area contributed by atoms with Crippen molar-refractivity contribution in [1.82, 2.24) is 4.90 Å². The molecule has 5 heteroatoms. The van der Waals surface area contributed by atoms with E-state index in [0.29, 0.717) is 13.2 Å². The molecule has 0 unspecified atom stereocenters. The SMILES string of the molecule is CCOC(=O)CN(C)CCc1ccc(OC)c(Br)c1. The average molecular weight is 330 g/mol. The fourth-order valence-corrected chi connectivity index (χ4v) is 2.28. The van der Waals surface area contributed by atoms with Gasteiger partial charge in [0.15, 0.2) is 0 Å². The molecule has 0 saturated carbocycles. The first-order valence-corrected chi connectivity index (χ1v) is 7.02. The molecule has 1 rings (SSSR count). The molecule has 106 valence electrons. The van der Waals surface area contributed by atoms with E-state index in [9.17, 15) is 4.79 Å². The number of hydrogen-bond acceptors (Lipinski definition) is 4. The maximum absolute atomic E-state index is 11.3. The highest BCUT2D eigenvalue weighted by Gasteiger charge is 2.08. The van der Waals surface area contributed by atoms with E-state index in [2.05, 4.69) is 15.9 Å². The van der Waals surface area contributed by atoms with Crippen molar-refractivity contribution >= 4 is 21.9 Å².